The summed E-state index contributed by atoms with van der Waals surface area (Å²) in [5, 5.41) is 8.61. The van der Waals surface area contributed by atoms with E-state index in [1.54, 1.807) is 0 Å². The van der Waals surface area contributed by atoms with Crippen LogP contribution in [0.5, 0.6) is 0 Å². The zero-order valence-corrected chi connectivity index (χ0v) is 19.8. The number of aryl methyl sites for hydroxylation is 1. The number of nitrogens with one attached hydrogen (secondary N) is 2. The summed E-state index contributed by atoms with van der Waals surface area (Å²) in [5.41, 5.74) is 5.93. The van der Waals surface area contributed by atoms with Crippen molar-refractivity contribution in [3.63, 3.8) is 0 Å². The molecule has 1 aromatic heterocycles. The number of thiophene rings is 1. The number of carbonyl (C=O) groups is 2. The van der Waals surface area contributed by atoms with Crippen LogP contribution in [0.3, 0.4) is 0 Å². The van der Waals surface area contributed by atoms with Gasteiger partial charge in [-0.3, -0.25) is 9.59 Å². The van der Waals surface area contributed by atoms with E-state index >= 15 is 0 Å². The predicted molar refractivity (Wildman–Crippen MR) is 133 cm³/mol. The van der Waals surface area contributed by atoms with E-state index in [9.17, 15) is 9.59 Å². The second kappa shape index (κ2) is 9.84. The lowest BCUT2D eigenvalue weighted by Gasteiger charge is -2.20. The molecule has 0 spiro atoms. The van der Waals surface area contributed by atoms with Gasteiger partial charge < -0.3 is 5.32 Å². The van der Waals surface area contributed by atoms with E-state index in [4.69, 9.17) is 11.6 Å². The first kappa shape index (κ1) is 22.5. The monoisotopic (exact) mass is 467 g/mol. The second-order valence-corrected chi connectivity index (χ2v) is 9.72. The standard InChI is InChI=1S/C25H26ClN3O2S/c1-15-11-12-20-21(13-15)32-23(22(20)26)25(31)29-28-16(2)18-9-6-10-19(14-18)27-24(30)17-7-4-3-5-8-17/h6,9-14,17H,3-5,7-8H2,1-2H3,(H,27,30)(H,29,31)/b28-16-. The highest BCUT2D eigenvalue weighted by Crippen LogP contribution is 2.35. The van der Waals surface area contributed by atoms with Crippen molar-refractivity contribution in [1.29, 1.82) is 0 Å². The van der Waals surface area contributed by atoms with E-state index in [1.165, 1.54) is 17.8 Å². The summed E-state index contributed by atoms with van der Waals surface area (Å²) < 4.78 is 0.974. The molecule has 4 rings (SSSR count). The van der Waals surface area contributed by atoms with Crippen LogP contribution in [0.2, 0.25) is 5.02 Å². The second-order valence-electron chi connectivity index (χ2n) is 8.29. The van der Waals surface area contributed by atoms with Gasteiger partial charge in [0.25, 0.3) is 5.91 Å². The normalized spacial score (nSPS) is 15.0. The number of nitrogens with zero attached hydrogens (tertiary/aromatic N) is 1. The highest BCUT2D eigenvalue weighted by Gasteiger charge is 2.21. The van der Waals surface area contributed by atoms with Crippen molar-refractivity contribution < 1.29 is 9.59 Å². The third kappa shape index (κ3) is 5.03. The van der Waals surface area contributed by atoms with Gasteiger partial charge in [-0.2, -0.15) is 5.10 Å². The van der Waals surface area contributed by atoms with Crippen molar-refractivity contribution in [3.8, 4) is 0 Å². The smallest absolute Gasteiger partial charge is 0.283 e. The Labute approximate surface area is 196 Å². The SMILES string of the molecule is C/C(=N/NC(=O)c1sc2cc(C)ccc2c1Cl)c1cccc(NC(=O)C2CCCCC2)c1. The van der Waals surface area contributed by atoms with Gasteiger partial charge in [0.15, 0.2) is 0 Å². The molecule has 1 aliphatic carbocycles. The molecular formula is C25H26ClN3O2S. The Morgan fingerprint density at radius 1 is 1.09 bits per heavy atom. The molecule has 0 radical (unpaired) electrons. The Hall–Kier alpha value is -2.70. The third-order valence-electron chi connectivity index (χ3n) is 5.84. The fourth-order valence-electron chi connectivity index (χ4n) is 4.00. The fourth-order valence-corrected chi connectivity index (χ4v) is 5.50. The Kier molecular flexibility index (Phi) is 6.92. The van der Waals surface area contributed by atoms with Crippen LogP contribution in [0.15, 0.2) is 47.6 Å². The van der Waals surface area contributed by atoms with E-state index in [1.807, 2.05) is 56.3 Å². The molecule has 2 amide bonds. The minimum atomic E-state index is -0.338. The Morgan fingerprint density at radius 2 is 1.88 bits per heavy atom. The highest BCUT2D eigenvalue weighted by molar-refractivity contribution is 7.21. The highest BCUT2D eigenvalue weighted by atomic mass is 35.5. The molecule has 2 aromatic carbocycles. The quantitative estimate of drug-likeness (QED) is 0.330. The van der Waals surface area contributed by atoms with Crippen molar-refractivity contribution in [3.05, 3.63) is 63.5 Å². The van der Waals surface area contributed by atoms with Gasteiger partial charge in [-0.15, -0.1) is 11.3 Å². The number of amides is 2. The summed E-state index contributed by atoms with van der Waals surface area (Å²) >= 11 is 7.79. The van der Waals surface area contributed by atoms with Gasteiger partial charge in [-0.1, -0.05) is 55.1 Å². The van der Waals surface area contributed by atoms with Gasteiger partial charge in [0.2, 0.25) is 5.91 Å². The molecule has 7 heteroatoms. The number of carbonyl (C=O) groups excluding carboxylic acids is 2. The number of benzene rings is 2. The molecule has 1 heterocycles. The van der Waals surface area contributed by atoms with Gasteiger partial charge in [0.1, 0.15) is 4.88 Å². The van der Waals surface area contributed by atoms with Gasteiger partial charge in [-0.05, 0) is 56.0 Å². The van der Waals surface area contributed by atoms with Gasteiger partial charge in [0.05, 0.1) is 10.7 Å². The molecule has 5 nitrogen and oxygen atoms in total. The van der Waals surface area contributed by atoms with Crippen molar-refractivity contribution in [2.75, 3.05) is 5.32 Å². The summed E-state index contributed by atoms with van der Waals surface area (Å²) in [6.07, 6.45) is 5.36. The molecule has 2 N–H and O–H groups in total. The van der Waals surface area contributed by atoms with Gasteiger partial charge >= 0.3 is 0 Å². The van der Waals surface area contributed by atoms with E-state index in [0.717, 1.165) is 52.6 Å². The number of fused-ring (bicyclic) bond motifs is 1. The summed E-state index contributed by atoms with van der Waals surface area (Å²) in [4.78, 5) is 25.7. The van der Waals surface area contributed by atoms with Crippen molar-refractivity contribution >= 4 is 56.2 Å². The van der Waals surface area contributed by atoms with Crippen molar-refractivity contribution in [1.82, 2.24) is 5.43 Å². The lowest BCUT2D eigenvalue weighted by Crippen LogP contribution is -2.24. The molecule has 0 atom stereocenters. The Morgan fingerprint density at radius 3 is 2.66 bits per heavy atom. The molecule has 32 heavy (non-hydrogen) atoms. The molecule has 0 bridgehead atoms. The van der Waals surface area contributed by atoms with Gasteiger partial charge in [-0.25, -0.2) is 5.43 Å². The number of halogens is 1. The summed E-state index contributed by atoms with van der Waals surface area (Å²) in [5.74, 6) is -0.161. The Balaban J connectivity index is 1.45. The summed E-state index contributed by atoms with van der Waals surface area (Å²) in [7, 11) is 0. The van der Waals surface area contributed by atoms with Crippen LogP contribution in [0.25, 0.3) is 10.1 Å². The van der Waals surface area contributed by atoms with Crippen LogP contribution in [0.4, 0.5) is 5.69 Å². The van der Waals surface area contributed by atoms with Gasteiger partial charge in [0, 0.05) is 21.7 Å². The summed E-state index contributed by atoms with van der Waals surface area (Å²) in [6, 6.07) is 13.4. The maximum absolute atomic E-state index is 12.7. The summed E-state index contributed by atoms with van der Waals surface area (Å²) in [6.45, 7) is 3.82. The van der Waals surface area contributed by atoms with Crippen LogP contribution in [0.1, 0.15) is 59.8 Å². The maximum atomic E-state index is 12.7. The molecule has 1 saturated carbocycles. The Bertz CT molecular complexity index is 1200. The molecule has 0 saturated heterocycles. The van der Waals surface area contributed by atoms with Crippen LogP contribution in [-0.2, 0) is 4.79 Å². The van der Waals surface area contributed by atoms with E-state index in [0.29, 0.717) is 15.6 Å². The number of hydrogen-bond donors (Lipinski definition) is 2. The lowest BCUT2D eigenvalue weighted by atomic mass is 9.88. The molecule has 0 unspecified atom stereocenters. The molecule has 0 aliphatic heterocycles. The molecular weight excluding hydrogens is 442 g/mol. The average Bonchev–Trinajstić information content (AvgIpc) is 3.13. The first-order valence-corrected chi connectivity index (χ1v) is 12.1. The zero-order valence-electron chi connectivity index (χ0n) is 18.2. The minimum Gasteiger partial charge on any atom is -0.326 e. The minimum absolute atomic E-state index is 0.0828. The van der Waals surface area contributed by atoms with Crippen LogP contribution in [0, 0.1) is 12.8 Å². The number of anilines is 1. The van der Waals surface area contributed by atoms with Crippen LogP contribution >= 0.6 is 22.9 Å². The number of hydrazone groups is 1. The van der Waals surface area contributed by atoms with E-state index < -0.39 is 0 Å². The van der Waals surface area contributed by atoms with E-state index in [-0.39, 0.29) is 17.7 Å². The fraction of sp³-hybridized carbons (Fsp3) is 0.320. The molecule has 1 fully saturated rings. The van der Waals surface area contributed by atoms with Crippen molar-refractivity contribution in [2.24, 2.45) is 11.0 Å². The van der Waals surface area contributed by atoms with E-state index in [2.05, 4.69) is 15.8 Å². The maximum Gasteiger partial charge on any atom is 0.283 e. The number of rotatable bonds is 5. The van der Waals surface area contributed by atoms with Crippen LogP contribution < -0.4 is 10.7 Å². The largest absolute Gasteiger partial charge is 0.326 e. The first-order chi connectivity index (χ1) is 15.4. The first-order valence-electron chi connectivity index (χ1n) is 10.9. The lowest BCUT2D eigenvalue weighted by molar-refractivity contribution is -0.120. The molecule has 3 aromatic rings. The zero-order chi connectivity index (χ0) is 22.7. The average molecular weight is 468 g/mol. The van der Waals surface area contributed by atoms with Crippen LogP contribution in [-0.4, -0.2) is 17.5 Å². The molecule has 166 valence electrons. The third-order valence-corrected chi connectivity index (χ3v) is 7.50. The molecule has 1 aliphatic rings. The topological polar surface area (TPSA) is 70.6 Å². The number of hydrogen-bond acceptors (Lipinski definition) is 4. The predicted octanol–water partition coefficient (Wildman–Crippen LogP) is 6.54. The van der Waals surface area contributed by atoms with Crippen molar-refractivity contribution in [2.45, 2.75) is 46.0 Å².